The minimum absolute atomic E-state index is 0.104. The van der Waals surface area contributed by atoms with E-state index >= 15 is 0 Å². The van der Waals surface area contributed by atoms with Gasteiger partial charge >= 0.3 is 12.1 Å². The van der Waals surface area contributed by atoms with Gasteiger partial charge in [0.05, 0.1) is 17.9 Å². The molecule has 0 saturated carbocycles. The largest absolute Gasteiger partial charge is 0.493 e. The summed E-state index contributed by atoms with van der Waals surface area (Å²) in [7, 11) is 0. The first-order valence-corrected chi connectivity index (χ1v) is 12.2. The number of halogens is 3. The predicted molar refractivity (Wildman–Crippen MR) is 128 cm³/mol. The minimum Gasteiger partial charge on any atom is -0.493 e. The number of aromatic nitrogens is 1. The number of nitrogens with one attached hydrogen (secondary N) is 1. The molecule has 11 heteroatoms. The van der Waals surface area contributed by atoms with Crippen molar-refractivity contribution >= 4 is 35.0 Å². The Labute approximate surface area is 208 Å². The summed E-state index contributed by atoms with van der Waals surface area (Å²) in [6.45, 7) is 3.72. The lowest BCUT2D eigenvalue weighted by Gasteiger charge is -2.15. The predicted octanol–water partition coefficient (Wildman–Crippen LogP) is 5.67. The van der Waals surface area contributed by atoms with Gasteiger partial charge in [-0.05, 0) is 55.8 Å². The summed E-state index contributed by atoms with van der Waals surface area (Å²) < 4.78 is 43.3. The number of aliphatic carboxylic acids is 1. The maximum Gasteiger partial charge on any atom is 0.416 e. The number of ether oxygens (including phenoxy) is 1. The van der Waals surface area contributed by atoms with E-state index in [4.69, 9.17) is 4.74 Å². The number of hydrogen-bond acceptors (Lipinski definition) is 6. The number of nitrogens with zero attached hydrogens (tertiary/aromatic N) is 1. The summed E-state index contributed by atoms with van der Waals surface area (Å²) in [5.74, 6) is -0.686. The average molecular weight is 525 g/mol. The molecule has 3 aromatic rings. The molecular formula is C24H23F3N2O4S2. The number of rotatable bonds is 10. The molecule has 0 saturated heterocycles. The van der Waals surface area contributed by atoms with Gasteiger partial charge in [0.1, 0.15) is 10.5 Å². The SMILES string of the molecule is CC(C)(Sc1nc(CCOc2ccc(C(=O)NCc3ccc(C(F)(F)F)cc3)cc2)cs1)C(=O)O. The molecule has 0 aliphatic heterocycles. The molecular weight excluding hydrogens is 501 g/mol. The summed E-state index contributed by atoms with van der Waals surface area (Å²) in [6, 6.07) is 11.1. The highest BCUT2D eigenvalue weighted by molar-refractivity contribution is 8.03. The average Bonchev–Trinajstić information content (AvgIpc) is 3.24. The molecule has 0 fully saturated rings. The van der Waals surface area contributed by atoms with Crippen LogP contribution in [-0.2, 0) is 23.9 Å². The van der Waals surface area contributed by atoms with Crippen LogP contribution in [0.15, 0.2) is 58.3 Å². The molecule has 0 unspecified atom stereocenters. The van der Waals surface area contributed by atoms with Crippen molar-refractivity contribution in [2.24, 2.45) is 0 Å². The second-order valence-electron chi connectivity index (χ2n) is 8.02. The van der Waals surface area contributed by atoms with Gasteiger partial charge in [0.25, 0.3) is 5.91 Å². The number of carboxylic acids is 1. The second-order valence-corrected chi connectivity index (χ2v) is 10.8. The van der Waals surface area contributed by atoms with E-state index < -0.39 is 22.5 Å². The quantitative estimate of drug-likeness (QED) is 0.333. The molecule has 0 aliphatic rings. The van der Waals surface area contributed by atoms with Gasteiger partial charge in [0, 0.05) is 23.9 Å². The van der Waals surface area contributed by atoms with Gasteiger partial charge in [-0.15, -0.1) is 11.3 Å². The number of thiazole rings is 1. The molecule has 186 valence electrons. The molecule has 1 amide bonds. The summed E-state index contributed by atoms with van der Waals surface area (Å²) in [5, 5.41) is 13.8. The van der Waals surface area contributed by atoms with E-state index in [0.717, 1.165) is 17.8 Å². The number of carbonyl (C=O) groups excluding carboxylic acids is 1. The number of carboxylic acid groups (broad SMARTS) is 1. The van der Waals surface area contributed by atoms with E-state index in [1.807, 2.05) is 5.38 Å². The van der Waals surface area contributed by atoms with Gasteiger partial charge in [-0.3, -0.25) is 9.59 Å². The van der Waals surface area contributed by atoms with Gasteiger partial charge in [-0.25, -0.2) is 4.98 Å². The molecule has 1 aromatic heterocycles. The third-order valence-electron chi connectivity index (χ3n) is 4.87. The molecule has 0 spiro atoms. The zero-order valence-corrected chi connectivity index (χ0v) is 20.5. The van der Waals surface area contributed by atoms with Gasteiger partial charge in [-0.2, -0.15) is 13.2 Å². The molecule has 0 aliphatic carbocycles. The van der Waals surface area contributed by atoms with Crippen molar-refractivity contribution in [1.82, 2.24) is 10.3 Å². The van der Waals surface area contributed by atoms with Crippen LogP contribution in [0.1, 0.15) is 41.0 Å². The van der Waals surface area contributed by atoms with Crippen LogP contribution in [0.2, 0.25) is 0 Å². The van der Waals surface area contributed by atoms with Crippen molar-refractivity contribution in [3.05, 3.63) is 76.3 Å². The van der Waals surface area contributed by atoms with E-state index in [9.17, 15) is 27.9 Å². The maximum absolute atomic E-state index is 12.6. The highest BCUT2D eigenvalue weighted by atomic mass is 32.2. The zero-order valence-electron chi connectivity index (χ0n) is 18.9. The van der Waals surface area contributed by atoms with Gasteiger partial charge in [-0.1, -0.05) is 23.9 Å². The van der Waals surface area contributed by atoms with Crippen molar-refractivity contribution < 1.29 is 32.6 Å². The van der Waals surface area contributed by atoms with E-state index in [0.29, 0.717) is 34.2 Å². The van der Waals surface area contributed by atoms with E-state index in [2.05, 4.69) is 10.3 Å². The summed E-state index contributed by atoms with van der Waals surface area (Å²) in [6.07, 6.45) is -3.85. The smallest absolute Gasteiger partial charge is 0.416 e. The Balaban J connectivity index is 1.44. The lowest BCUT2D eigenvalue weighted by molar-refractivity contribution is -0.139. The van der Waals surface area contributed by atoms with Gasteiger partial charge in [0.15, 0.2) is 4.34 Å². The van der Waals surface area contributed by atoms with Gasteiger partial charge in [0.2, 0.25) is 0 Å². The standard InChI is InChI=1S/C24H23F3N2O4S2/c1-23(2,21(31)32)35-22-29-18(14-34-22)11-12-33-19-9-5-16(6-10-19)20(30)28-13-15-3-7-17(8-4-15)24(25,26)27/h3-10,14H,11-13H2,1-2H3,(H,28,30)(H,31,32). The normalized spacial score (nSPS) is 11.8. The number of hydrogen-bond donors (Lipinski definition) is 2. The third kappa shape index (κ3) is 7.72. The third-order valence-corrected chi connectivity index (χ3v) is 7.04. The highest BCUT2D eigenvalue weighted by Crippen LogP contribution is 2.34. The van der Waals surface area contributed by atoms with Gasteiger partial charge < -0.3 is 15.2 Å². The molecule has 1 heterocycles. The first kappa shape index (κ1) is 26.6. The molecule has 0 bridgehead atoms. The summed E-state index contributed by atoms with van der Waals surface area (Å²) in [4.78, 5) is 28.0. The topological polar surface area (TPSA) is 88.5 Å². The lowest BCUT2D eigenvalue weighted by Crippen LogP contribution is -2.26. The molecule has 6 nitrogen and oxygen atoms in total. The van der Waals surface area contributed by atoms with E-state index in [-0.39, 0.29) is 12.5 Å². The van der Waals surface area contributed by atoms with Crippen LogP contribution >= 0.6 is 23.1 Å². The molecule has 35 heavy (non-hydrogen) atoms. The van der Waals surface area contributed by atoms with Crippen molar-refractivity contribution in [2.45, 2.75) is 42.1 Å². The monoisotopic (exact) mass is 524 g/mol. The zero-order chi connectivity index (χ0) is 25.6. The fourth-order valence-corrected chi connectivity index (χ4v) is 5.01. The molecule has 0 radical (unpaired) electrons. The number of amides is 1. The number of benzene rings is 2. The Hall–Kier alpha value is -3.05. The van der Waals surface area contributed by atoms with Crippen LogP contribution in [0.3, 0.4) is 0 Å². The van der Waals surface area contributed by atoms with E-state index in [1.54, 1.807) is 38.1 Å². The first-order chi connectivity index (χ1) is 16.4. The lowest BCUT2D eigenvalue weighted by atomic mass is 10.1. The number of alkyl halides is 3. The number of carbonyl (C=O) groups is 2. The summed E-state index contributed by atoms with van der Waals surface area (Å²) in [5.41, 5.74) is 1.02. The Kier molecular flexibility index (Phi) is 8.44. The van der Waals surface area contributed by atoms with Crippen LogP contribution in [0.4, 0.5) is 13.2 Å². The van der Waals surface area contributed by atoms with Crippen molar-refractivity contribution in [1.29, 1.82) is 0 Å². The van der Waals surface area contributed by atoms with Crippen LogP contribution in [-0.4, -0.2) is 33.3 Å². The van der Waals surface area contributed by atoms with Crippen LogP contribution in [0.5, 0.6) is 5.75 Å². The fourth-order valence-electron chi connectivity index (χ4n) is 2.78. The number of thioether (sulfide) groups is 1. The Morgan fingerprint density at radius 3 is 2.34 bits per heavy atom. The van der Waals surface area contributed by atoms with Crippen molar-refractivity contribution in [3.63, 3.8) is 0 Å². The molecule has 2 N–H and O–H groups in total. The Morgan fingerprint density at radius 2 is 1.74 bits per heavy atom. The van der Waals surface area contributed by atoms with Crippen LogP contribution < -0.4 is 10.1 Å². The van der Waals surface area contributed by atoms with E-state index in [1.165, 1.54) is 35.2 Å². The Morgan fingerprint density at radius 1 is 1.09 bits per heavy atom. The second kappa shape index (κ2) is 11.1. The highest BCUT2D eigenvalue weighted by Gasteiger charge is 2.30. The first-order valence-electron chi connectivity index (χ1n) is 10.5. The van der Waals surface area contributed by atoms with Crippen LogP contribution in [0, 0.1) is 0 Å². The maximum atomic E-state index is 12.6. The molecule has 0 atom stereocenters. The minimum atomic E-state index is -4.40. The van der Waals surface area contributed by atoms with Crippen LogP contribution in [0.25, 0.3) is 0 Å². The Bertz CT molecular complexity index is 1160. The fraction of sp³-hybridized carbons (Fsp3) is 0.292. The van der Waals surface area contributed by atoms with Crippen molar-refractivity contribution in [3.8, 4) is 5.75 Å². The van der Waals surface area contributed by atoms with Crippen molar-refractivity contribution in [2.75, 3.05) is 6.61 Å². The summed E-state index contributed by atoms with van der Waals surface area (Å²) >= 11 is 2.59. The molecule has 3 rings (SSSR count). The molecule has 2 aromatic carbocycles.